The molecule has 0 spiro atoms. The van der Waals surface area contributed by atoms with E-state index in [1.54, 1.807) is 6.20 Å². The van der Waals surface area contributed by atoms with Crippen molar-refractivity contribution in [1.82, 2.24) is 10.3 Å². The molecule has 0 radical (unpaired) electrons. The molecule has 2 aliphatic heterocycles. The van der Waals surface area contributed by atoms with Gasteiger partial charge in [-0.3, -0.25) is 4.79 Å². The largest absolute Gasteiger partial charge is 0.490 e. The summed E-state index contributed by atoms with van der Waals surface area (Å²) < 4.78 is 45.0. The molecule has 0 saturated carbocycles. The Morgan fingerprint density at radius 3 is 2.72 bits per heavy atom. The van der Waals surface area contributed by atoms with Crippen molar-refractivity contribution in [2.75, 3.05) is 24.6 Å². The molecule has 0 aliphatic carbocycles. The number of para-hydroxylation sites is 1. The molecule has 0 atom stereocenters. The predicted molar refractivity (Wildman–Crippen MR) is 100 cm³/mol. The third-order valence-corrected chi connectivity index (χ3v) is 5.60. The monoisotopic (exact) mass is 426 g/mol. The zero-order valence-electron chi connectivity index (χ0n) is 15.1. The van der Waals surface area contributed by atoms with Gasteiger partial charge in [0.25, 0.3) is 5.91 Å². The minimum Gasteiger partial charge on any atom is -0.490 e. The smallest absolute Gasteiger partial charge is 0.419 e. The normalized spacial score (nSPS) is 18.1. The van der Waals surface area contributed by atoms with Crippen molar-refractivity contribution in [3.63, 3.8) is 0 Å². The first kappa shape index (κ1) is 19.5. The quantitative estimate of drug-likeness (QED) is 0.814. The molecule has 7 nitrogen and oxygen atoms in total. The Hall–Kier alpha value is -2.82. The van der Waals surface area contributed by atoms with Crippen LogP contribution in [0.25, 0.3) is 0 Å². The number of thiazole rings is 1. The Labute approximate surface area is 168 Å². The maximum atomic E-state index is 13.1. The number of benzene rings is 1. The van der Waals surface area contributed by atoms with Crippen molar-refractivity contribution in [2.24, 2.45) is 5.16 Å². The van der Waals surface area contributed by atoms with Crippen molar-refractivity contribution < 1.29 is 27.5 Å². The fourth-order valence-corrected chi connectivity index (χ4v) is 4.03. The van der Waals surface area contributed by atoms with Crippen molar-refractivity contribution in [2.45, 2.75) is 25.1 Å². The number of carbonyl (C=O) groups is 1. The number of alkyl halides is 3. The van der Waals surface area contributed by atoms with Gasteiger partial charge in [0.05, 0.1) is 16.6 Å². The Balaban J connectivity index is 1.37. The van der Waals surface area contributed by atoms with Crippen LogP contribution in [0.15, 0.2) is 35.6 Å². The van der Waals surface area contributed by atoms with E-state index in [2.05, 4.69) is 15.5 Å². The number of amidine groups is 1. The van der Waals surface area contributed by atoms with Crippen LogP contribution in [-0.4, -0.2) is 42.5 Å². The third kappa shape index (κ3) is 4.44. The number of anilines is 1. The number of halogens is 3. The molecule has 3 heterocycles. The van der Waals surface area contributed by atoms with Gasteiger partial charge in [-0.15, -0.1) is 0 Å². The zero-order valence-corrected chi connectivity index (χ0v) is 15.9. The van der Waals surface area contributed by atoms with Crippen LogP contribution in [0.5, 0.6) is 5.75 Å². The Bertz CT molecular complexity index is 923. The molecular formula is C18H17F3N4O3S. The SMILES string of the molecule is O=C1CON=C(c2cnc(N3CCC(Oc4ccccc4C(F)(F)F)CC3)s2)N1. The maximum Gasteiger partial charge on any atom is 0.419 e. The van der Waals surface area contributed by atoms with Crippen LogP contribution in [0.1, 0.15) is 23.3 Å². The highest BCUT2D eigenvalue weighted by molar-refractivity contribution is 7.17. The number of nitrogens with one attached hydrogen (secondary N) is 1. The highest BCUT2D eigenvalue weighted by Gasteiger charge is 2.35. The summed E-state index contributed by atoms with van der Waals surface area (Å²) in [6.07, 6.45) is -2.00. The standard InChI is InChI=1S/C18H17F3N4O3S/c19-18(20,21)12-3-1-2-4-13(12)28-11-5-7-25(8-6-11)17-22-9-14(29-17)16-23-15(26)10-27-24-16/h1-4,9,11H,5-8,10H2,(H,23,24,26). The minimum absolute atomic E-state index is 0.111. The second-order valence-corrected chi connectivity index (χ2v) is 7.58. The number of aromatic nitrogens is 1. The van der Waals surface area contributed by atoms with Gasteiger partial charge in [-0.1, -0.05) is 28.6 Å². The van der Waals surface area contributed by atoms with Crippen LogP contribution in [0.3, 0.4) is 0 Å². The van der Waals surface area contributed by atoms with E-state index >= 15 is 0 Å². The number of hydrogen-bond donors (Lipinski definition) is 1. The van der Waals surface area contributed by atoms with Crippen LogP contribution < -0.4 is 15.0 Å². The van der Waals surface area contributed by atoms with Gasteiger partial charge >= 0.3 is 6.18 Å². The lowest BCUT2D eigenvalue weighted by Gasteiger charge is -2.32. The van der Waals surface area contributed by atoms with Crippen LogP contribution in [0, 0.1) is 0 Å². The summed E-state index contributed by atoms with van der Waals surface area (Å²) in [5.74, 6) is -0.0879. The number of hydrogen-bond acceptors (Lipinski definition) is 7. The molecule has 2 aromatic rings. The van der Waals surface area contributed by atoms with E-state index in [0.717, 1.165) is 11.2 Å². The van der Waals surface area contributed by atoms with E-state index in [1.807, 2.05) is 4.90 Å². The average Bonchev–Trinajstić information content (AvgIpc) is 3.18. The van der Waals surface area contributed by atoms with E-state index in [9.17, 15) is 18.0 Å². The van der Waals surface area contributed by atoms with E-state index in [0.29, 0.717) is 36.6 Å². The first-order valence-electron chi connectivity index (χ1n) is 8.94. The molecule has 1 saturated heterocycles. The van der Waals surface area contributed by atoms with E-state index in [1.165, 1.54) is 29.5 Å². The lowest BCUT2D eigenvalue weighted by Crippen LogP contribution is -2.38. The predicted octanol–water partition coefficient (Wildman–Crippen LogP) is 3.02. The molecule has 1 fully saturated rings. The zero-order chi connectivity index (χ0) is 20.4. The lowest BCUT2D eigenvalue weighted by atomic mass is 10.1. The molecule has 154 valence electrons. The van der Waals surface area contributed by atoms with Crippen molar-refractivity contribution >= 4 is 28.2 Å². The van der Waals surface area contributed by atoms with Crippen LogP contribution in [0.2, 0.25) is 0 Å². The van der Waals surface area contributed by atoms with Gasteiger partial charge in [-0.05, 0) is 12.1 Å². The third-order valence-electron chi connectivity index (χ3n) is 4.53. The van der Waals surface area contributed by atoms with E-state index in [-0.39, 0.29) is 24.4 Å². The number of rotatable bonds is 4. The lowest BCUT2D eigenvalue weighted by molar-refractivity contribution is -0.139. The van der Waals surface area contributed by atoms with E-state index in [4.69, 9.17) is 9.57 Å². The van der Waals surface area contributed by atoms with Gasteiger partial charge in [-0.2, -0.15) is 13.2 Å². The molecule has 1 aromatic heterocycles. The number of amides is 1. The number of nitrogens with zero attached hydrogens (tertiary/aromatic N) is 3. The fraction of sp³-hybridized carbons (Fsp3) is 0.389. The highest BCUT2D eigenvalue weighted by Crippen LogP contribution is 2.37. The molecule has 0 unspecified atom stereocenters. The van der Waals surface area contributed by atoms with Crippen LogP contribution in [0.4, 0.5) is 18.3 Å². The Kier molecular flexibility index (Phi) is 5.31. The minimum atomic E-state index is -4.45. The van der Waals surface area contributed by atoms with Crippen molar-refractivity contribution in [3.05, 3.63) is 40.9 Å². The molecule has 1 amide bonds. The number of piperidine rings is 1. The van der Waals surface area contributed by atoms with Gasteiger partial charge in [0, 0.05) is 25.9 Å². The van der Waals surface area contributed by atoms with Gasteiger partial charge in [0.1, 0.15) is 11.9 Å². The molecule has 11 heteroatoms. The fourth-order valence-electron chi connectivity index (χ4n) is 3.12. The topological polar surface area (TPSA) is 76.0 Å². The van der Waals surface area contributed by atoms with Crippen LogP contribution >= 0.6 is 11.3 Å². The summed E-state index contributed by atoms with van der Waals surface area (Å²) in [6, 6.07) is 5.26. The van der Waals surface area contributed by atoms with Gasteiger partial charge < -0.3 is 19.8 Å². The molecule has 4 rings (SSSR count). The molecule has 1 N–H and O–H groups in total. The Morgan fingerprint density at radius 2 is 2.00 bits per heavy atom. The molecule has 1 aromatic carbocycles. The summed E-state index contributed by atoms with van der Waals surface area (Å²) >= 11 is 1.36. The van der Waals surface area contributed by atoms with Crippen LogP contribution in [-0.2, 0) is 15.8 Å². The van der Waals surface area contributed by atoms with Gasteiger partial charge in [0.2, 0.25) is 0 Å². The first-order chi connectivity index (χ1) is 13.9. The van der Waals surface area contributed by atoms with Gasteiger partial charge in [0.15, 0.2) is 17.6 Å². The number of ether oxygens (including phenoxy) is 1. The molecule has 2 aliphatic rings. The average molecular weight is 426 g/mol. The summed E-state index contributed by atoms with van der Waals surface area (Å²) in [6.45, 7) is 1.09. The molecule has 29 heavy (non-hydrogen) atoms. The number of carbonyl (C=O) groups excluding carboxylic acids is 1. The second-order valence-electron chi connectivity index (χ2n) is 6.57. The van der Waals surface area contributed by atoms with Crippen molar-refractivity contribution in [3.8, 4) is 5.75 Å². The number of oxime groups is 1. The first-order valence-corrected chi connectivity index (χ1v) is 9.75. The van der Waals surface area contributed by atoms with Crippen molar-refractivity contribution in [1.29, 1.82) is 0 Å². The molecule has 0 bridgehead atoms. The summed E-state index contributed by atoms with van der Waals surface area (Å²) in [5.41, 5.74) is -0.760. The second kappa shape index (κ2) is 7.90. The summed E-state index contributed by atoms with van der Waals surface area (Å²) in [7, 11) is 0. The van der Waals surface area contributed by atoms with Gasteiger partial charge in [-0.25, -0.2) is 4.98 Å². The highest BCUT2D eigenvalue weighted by atomic mass is 32.1. The maximum absolute atomic E-state index is 13.1. The molecular weight excluding hydrogens is 409 g/mol. The summed E-state index contributed by atoms with van der Waals surface area (Å²) in [4.78, 5) is 23.3. The van der Waals surface area contributed by atoms with E-state index < -0.39 is 11.7 Å². The summed E-state index contributed by atoms with van der Waals surface area (Å²) in [5, 5.41) is 7.19. The Morgan fingerprint density at radius 1 is 1.24 bits per heavy atom.